The number of carbonyl (C=O) groups excluding carboxylic acids is 1. The summed E-state index contributed by atoms with van der Waals surface area (Å²) in [6.07, 6.45) is 4.07. The summed E-state index contributed by atoms with van der Waals surface area (Å²) in [6, 6.07) is 7.39. The van der Waals surface area contributed by atoms with Gasteiger partial charge < -0.3 is 11.1 Å². The SMILES string of the molecule is CCC(NC(C)C)c1ccc2c(c1)CCCC2C(N)=O. The molecule has 0 heterocycles. The van der Waals surface area contributed by atoms with E-state index < -0.39 is 0 Å². The summed E-state index contributed by atoms with van der Waals surface area (Å²) in [5.41, 5.74) is 9.30. The zero-order valence-electron chi connectivity index (χ0n) is 12.8. The fourth-order valence-corrected chi connectivity index (χ4v) is 3.20. The normalized spacial score (nSPS) is 19.7. The van der Waals surface area contributed by atoms with Crippen molar-refractivity contribution in [2.75, 3.05) is 0 Å². The zero-order chi connectivity index (χ0) is 14.7. The summed E-state index contributed by atoms with van der Waals surface area (Å²) < 4.78 is 0. The number of hydrogen-bond donors (Lipinski definition) is 2. The molecule has 2 atom stereocenters. The van der Waals surface area contributed by atoms with Gasteiger partial charge in [-0.1, -0.05) is 39.0 Å². The van der Waals surface area contributed by atoms with E-state index in [0.717, 1.165) is 31.2 Å². The minimum atomic E-state index is -0.189. The summed E-state index contributed by atoms with van der Waals surface area (Å²) in [5, 5.41) is 3.59. The van der Waals surface area contributed by atoms with Crippen molar-refractivity contribution in [3.05, 3.63) is 34.9 Å². The molecule has 0 radical (unpaired) electrons. The number of nitrogens with two attached hydrogens (primary N) is 1. The largest absolute Gasteiger partial charge is 0.369 e. The molecular weight excluding hydrogens is 248 g/mol. The molecule has 1 aliphatic rings. The molecule has 1 aromatic rings. The molecule has 1 aliphatic carbocycles. The highest BCUT2D eigenvalue weighted by Gasteiger charge is 2.25. The number of aryl methyl sites for hydroxylation is 1. The fourth-order valence-electron chi connectivity index (χ4n) is 3.20. The van der Waals surface area contributed by atoms with Crippen molar-refractivity contribution in [1.29, 1.82) is 0 Å². The smallest absolute Gasteiger partial charge is 0.224 e. The van der Waals surface area contributed by atoms with Gasteiger partial charge in [0.25, 0.3) is 0 Å². The number of nitrogens with one attached hydrogen (secondary N) is 1. The van der Waals surface area contributed by atoms with E-state index >= 15 is 0 Å². The second-order valence-electron chi connectivity index (χ2n) is 6.09. The number of amides is 1. The molecule has 0 fully saturated rings. The Morgan fingerprint density at radius 2 is 2.20 bits per heavy atom. The maximum absolute atomic E-state index is 11.5. The van der Waals surface area contributed by atoms with Crippen molar-refractivity contribution in [3.63, 3.8) is 0 Å². The quantitative estimate of drug-likeness (QED) is 0.867. The van der Waals surface area contributed by atoms with E-state index in [1.807, 2.05) is 0 Å². The lowest BCUT2D eigenvalue weighted by Gasteiger charge is -2.26. The number of rotatable bonds is 5. The lowest BCUT2D eigenvalue weighted by Crippen LogP contribution is -2.28. The third-order valence-electron chi connectivity index (χ3n) is 4.17. The van der Waals surface area contributed by atoms with Crippen molar-refractivity contribution < 1.29 is 4.79 Å². The Morgan fingerprint density at radius 3 is 2.80 bits per heavy atom. The highest BCUT2D eigenvalue weighted by molar-refractivity contribution is 5.82. The van der Waals surface area contributed by atoms with Gasteiger partial charge in [0.1, 0.15) is 0 Å². The first-order valence-electron chi connectivity index (χ1n) is 7.71. The van der Waals surface area contributed by atoms with Gasteiger partial charge >= 0.3 is 0 Å². The summed E-state index contributed by atoms with van der Waals surface area (Å²) in [5.74, 6) is -0.281. The van der Waals surface area contributed by atoms with E-state index in [0.29, 0.717) is 12.1 Å². The molecule has 3 heteroatoms. The maximum atomic E-state index is 11.5. The molecule has 0 bridgehead atoms. The fraction of sp³-hybridized carbons (Fsp3) is 0.588. The minimum Gasteiger partial charge on any atom is -0.369 e. The highest BCUT2D eigenvalue weighted by Crippen LogP contribution is 2.33. The van der Waals surface area contributed by atoms with Crippen LogP contribution in [0.5, 0.6) is 0 Å². The van der Waals surface area contributed by atoms with Crippen LogP contribution in [-0.2, 0) is 11.2 Å². The molecule has 2 rings (SSSR count). The number of fused-ring (bicyclic) bond motifs is 1. The van der Waals surface area contributed by atoms with Gasteiger partial charge in [-0.25, -0.2) is 0 Å². The van der Waals surface area contributed by atoms with E-state index in [1.54, 1.807) is 0 Å². The van der Waals surface area contributed by atoms with E-state index in [4.69, 9.17) is 5.73 Å². The Balaban J connectivity index is 2.29. The van der Waals surface area contributed by atoms with Gasteiger partial charge in [0.05, 0.1) is 5.92 Å². The summed E-state index contributed by atoms with van der Waals surface area (Å²) in [7, 11) is 0. The topological polar surface area (TPSA) is 55.1 Å². The molecule has 0 spiro atoms. The predicted molar refractivity (Wildman–Crippen MR) is 82.6 cm³/mol. The van der Waals surface area contributed by atoms with Gasteiger partial charge in [0.2, 0.25) is 5.91 Å². The first-order chi connectivity index (χ1) is 9.52. The third-order valence-corrected chi connectivity index (χ3v) is 4.17. The number of carbonyl (C=O) groups is 1. The van der Waals surface area contributed by atoms with Crippen LogP contribution in [0.25, 0.3) is 0 Å². The van der Waals surface area contributed by atoms with Crippen LogP contribution in [0.2, 0.25) is 0 Å². The lowest BCUT2D eigenvalue weighted by atomic mass is 9.81. The summed E-state index contributed by atoms with van der Waals surface area (Å²) in [6.45, 7) is 6.54. The van der Waals surface area contributed by atoms with Crippen LogP contribution >= 0.6 is 0 Å². The van der Waals surface area contributed by atoms with Crippen LogP contribution in [0, 0.1) is 0 Å². The molecule has 1 aromatic carbocycles. The summed E-state index contributed by atoms with van der Waals surface area (Å²) in [4.78, 5) is 11.5. The van der Waals surface area contributed by atoms with E-state index in [1.165, 1.54) is 11.1 Å². The molecule has 0 aliphatic heterocycles. The molecule has 0 saturated carbocycles. The van der Waals surface area contributed by atoms with E-state index in [-0.39, 0.29) is 11.8 Å². The molecule has 20 heavy (non-hydrogen) atoms. The Morgan fingerprint density at radius 1 is 1.45 bits per heavy atom. The van der Waals surface area contributed by atoms with Crippen LogP contribution in [0.1, 0.15) is 68.7 Å². The number of benzene rings is 1. The lowest BCUT2D eigenvalue weighted by molar-refractivity contribution is -0.119. The average molecular weight is 274 g/mol. The van der Waals surface area contributed by atoms with E-state index in [9.17, 15) is 4.79 Å². The van der Waals surface area contributed by atoms with Crippen LogP contribution in [0.15, 0.2) is 18.2 Å². The van der Waals surface area contributed by atoms with Gasteiger partial charge in [-0.05, 0) is 42.4 Å². The average Bonchev–Trinajstić information content (AvgIpc) is 2.43. The van der Waals surface area contributed by atoms with Crippen LogP contribution in [-0.4, -0.2) is 11.9 Å². The maximum Gasteiger partial charge on any atom is 0.224 e. The molecule has 3 N–H and O–H groups in total. The van der Waals surface area contributed by atoms with Crippen LogP contribution in [0.4, 0.5) is 0 Å². The van der Waals surface area contributed by atoms with Crippen LogP contribution in [0.3, 0.4) is 0 Å². The Kier molecular flexibility index (Phi) is 4.81. The molecule has 1 amide bonds. The molecule has 110 valence electrons. The molecule has 3 nitrogen and oxygen atoms in total. The van der Waals surface area contributed by atoms with Crippen LogP contribution < -0.4 is 11.1 Å². The van der Waals surface area contributed by atoms with Crippen molar-refractivity contribution in [1.82, 2.24) is 5.32 Å². The van der Waals surface area contributed by atoms with Gasteiger partial charge in [-0.2, -0.15) is 0 Å². The molecule has 0 aromatic heterocycles. The molecule has 2 unspecified atom stereocenters. The molecular formula is C17H26N2O. The van der Waals surface area contributed by atoms with E-state index in [2.05, 4.69) is 44.3 Å². The van der Waals surface area contributed by atoms with Crippen molar-refractivity contribution in [2.45, 2.75) is 64.5 Å². The Bertz CT molecular complexity index is 482. The second-order valence-corrected chi connectivity index (χ2v) is 6.09. The van der Waals surface area contributed by atoms with Gasteiger partial charge in [0, 0.05) is 12.1 Å². The summed E-state index contributed by atoms with van der Waals surface area (Å²) >= 11 is 0. The Labute approximate surface area is 121 Å². The molecule has 0 saturated heterocycles. The second kappa shape index (κ2) is 6.40. The van der Waals surface area contributed by atoms with Gasteiger partial charge in [-0.3, -0.25) is 4.79 Å². The van der Waals surface area contributed by atoms with Crippen molar-refractivity contribution >= 4 is 5.91 Å². The zero-order valence-corrected chi connectivity index (χ0v) is 12.8. The first kappa shape index (κ1) is 15.0. The van der Waals surface area contributed by atoms with Crippen molar-refractivity contribution in [2.24, 2.45) is 5.73 Å². The minimum absolute atomic E-state index is 0.0917. The standard InChI is InChI=1S/C17H26N2O/c1-4-16(19-11(2)3)13-8-9-14-12(10-13)6-5-7-15(14)17(18)20/h8-11,15-16,19H,4-7H2,1-3H3,(H2,18,20). The number of hydrogen-bond acceptors (Lipinski definition) is 2. The van der Waals surface area contributed by atoms with Crippen molar-refractivity contribution in [3.8, 4) is 0 Å². The Hall–Kier alpha value is -1.35. The van der Waals surface area contributed by atoms with Gasteiger partial charge in [0.15, 0.2) is 0 Å². The monoisotopic (exact) mass is 274 g/mol. The first-order valence-corrected chi connectivity index (χ1v) is 7.71. The highest BCUT2D eigenvalue weighted by atomic mass is 16.1. The van der Waals surface area contributed by atoms with Gasteiger partial charge in [-0.15, -0.1) is 0 Å². The predicted octanol–water partition coefficient (Wildman–Crippen LogP) is 3.04. The number of primary amides is 1. The third kappa shape index (κ3) is 3.21.